The molecule has 0 unspecified atom stereocenters. The maximum Gasteiger partial charge on any atom is 0.236 e. The Labute approximate surface area is 195 Å². The van der Waals surface area contributed by atoms with Crippen molar-refractivity contribution in [2.45, 2.75) is 26.2 Å². The number of ether oxygens (including phenoxy) is 1. The molecule has 6 nitrogen and oxygen atoms in total. The summed E-state index contributed by atoms with van der Waals surface area (Å²) < 4.78 is 13.4. The molecular weight excluding hydrogens is 426 g/mol. The predicted molar refractivity (Wildman–Crippen MR) is 135 cm³/mol. The van der Waals surface area contributed by atoms with Gasteiger partial charge < -0.3 is 9.15 Å². The van der Waals surface area contributed by atoms with Crippen LogP contribution in [-0.4, -0.2) is 21.5 Å². The van der Waals surface area contributed by atoms with Crippen LogP contribution in [0, 0.1) is 0 Å². The van der Waals surface area contributed by atoms with E-state index in [9.17, 15) is 4.79 Å². The van der Waals surface area contributed by atoms with Crippen molar-refractivity contribution in [1.29, 1.82) is 0 Å². The fourth-order valence-electron chi connectivity index (χ4n) is 4.43. The Morgan fingerprint density at radius 3 is 2.44 bits per heavy atom. The van der Waals surface area contributed by atoms with E-state index in [0.29, 0.717) is 33.6 Å². The van der Waals surface area contributed by atoms with Crippen molar-refractivity contribution in [3.05, 3.63) is 82.5 Å². The minimum absolute atomic E-state index is 0.0388. The van der Waals surface area contributed by atoms with E-state index in [1.807, 2.05) is 28.7 Å². The smallest absolute Gasteiger partial charge is 0.236 e. The van der Waals surface area contributed by atoms with E-state index in [4.69, 9.17) is 19.1 Å². The van der Waals surface area contributed by atoms with E-state index >= 15 is 0 Å². The van der Waals surface area contributed by atoms with E-state index in [-0.39, 0.29) is 16.6 Å². The molecule has 0 atom stereocenters. The predicted octanol–water partition coefficient (Wildman–Crippen LogP) is 6.12. The number of para-hydroxylation sites is 2. The molecule has 0 saturated heterocycles. The van der Waals surface area contributed by atoms with Gasteiger partial charge in [0.05, 0.1) is 23.5 Å². The Hall–Kier alpha value is -4.19. The topological polar surface area (TPSA) is 69.6 Å². The molecule has 0 N–H and O–H groups in total. The van der Waals surface area contributed by atoms with Crippen LogP contribution in [0.3, 0.4) is 0 Å². The monoisotopic (exact) mass is 449 g/mol. The highest BCUT2D eigenvalue weighted by Gasteiger charge is 2.21. The van der Waals surface area contributed by atoms with Gasteiger partial charge in [-0.1, -0.05) is 57.2 Å². The highest BCUT2D eigenvalue weighted by Crippen LogP contribution is 2.32. The van der Waals surface area contributed by atoms with Gasteiger partial charge in [0, 0.05) is 11.6 Å². The first kappa shape index (κ1) is 20.4. The third-order valence-electron chi connectivity index (χ3n) is 6.29. The molecule has 168 valence electrons. The van der Waals surface area contributed by atoms with Crippen LogP contribution < -0.4 is 10.2 Å². The molecule has 6 aromatic rings. The van der Waals surface area contributed by atoms with Crippen LogP contribution in [0.1, 0.15) is 26.3 Å². The van der Waals surface area contributed by atoms with Crippen LogP contribution in [0.25, 0.3) is 50.1 Å². The van der Waals surface area contributed by atoms with Gasteiger partial charge in [-0.2, -0.15) is 4.98 Å². The van der Waals surface area contributed by atoms with Gasteiger partial charge in [0.15, 0.2) is 5.65 Å². The summed E-state index contributed by atoms with van der Waals surface area (Å²) in [7, 11) is 1.58. The standard InChI is InChI=1S/C28H23N3O3/c1-28(2,3)17-11-9-16(10-12-17)25-30-27-23(26-29-20-7-5-6-8-21(20)31(25)26)24(32)19-14-13-18(33-4)15-22(19)34-27/h5-15H,1-4H3. The van der Waals surface area contributed by atoms with Gasteiger partial charge in [0.25, 0.3) is 0 Å². The summed E-state index contributed by atoms with van der Waals surface area (Å²) in [5, 5.41) is 0.829. The van der Waals surface area contributed by atoms with Crippen LogP contribution in [-0.2, 0) is 5.41 Å². The zero-order valence-corrected chi connectivity index (χ0v) is 19.4. The Morgan fingerprint density at radius 1 is 0.941 bits per heavy atom. The van der Waals surface area contributed by atoms with Crippen molar-refractivity contribution >= 4 is 38.7 Å². The van der Waals surface area contributed by atoms with Gasteiger partial charge in [-0.3, -0.25) is 9.20 Å². The molecular formula is C28H23N3O3. The highest BCUT2D eigenvalue weighted by molar-refractivity contribution is 6.00. The summed E-state index contributed by atoms with van der Waals surface area (Å²) in [4.78, 5) is 23.3. The van der Waals surface area contributed by atoms with E-state index in [1.54, 1.807) is 25.3 Å². The third-order valence-corrected chi connectivity index (χ3v) is 6.29. The number of benzene rings is 3. The number of imidazole rings is 1. The maximum atomic E-state index is 13.6. The van der Waals surface area contributed by atoms with Gasteiger partial charge in [-0.25, -0.2) is 4.98 Å². The number of methoxy groups -OCH3 is 1. The molecule has 0 aliphatic carbocycles. The molecule has 0 fully saturated rings. The zero-order valence-electron chi connectivity index (χ0n) is 19.4. The second-order valence-corrected chi connectivity index (χ2v) is 9.50. The maximum absolute atomic E-state index is 13.6. The van der Waals surface area contributed by atoms with Crippen molar-refractivity contribution in [1.82, 2.24) is 14.4 Å². The molecule has 3 aromatic carbocycles. The van der Waals surface area contributed by atoms with Gasteiger partial charge in [-0.15, -0.1) is 0 Å². The van der Waals surface area contributed by atoms with Crippen LogP contribution in [0.15, 0.2) is 75.9 Å². The lowest BCUT2D eigenvalue weighted by Gasteiger charge is -2.19. The van der Waals surface area contributed by atoms with E-state index in [1.165, 1.54) is 5.56 Å². The minimum Gasteiger partial charge on any atom is -0.497 e. The Bertz CT molecular complexity index is 1790. The van der Waals surface area contributed by atoms with Gasteiger partial charge in [-0.05, 0) is 35.2 Å². The molecule has 34 heavy (non-hydrogen) atoms. The first-order valence-electron chi connectivity index (χ1n) is 11.2. The lowest BCUT2D eigenvalue weighted by atomic mass is 9.86. The summed E-state index contributed by atoms with van der Waals surface area (Å²) in [6.07, 6.45) is 0. The molecule has 3 aromatic heterocycles. The largest absolute Gasteiger partial charge is 0.497 e. The second kappa shape index (κ2) is 7.15. The molecule has 0 amide bonds. The number of nitrogens with zero attached hydrogens (tertiary/aromatic N) is 3. The first-order valence-corrected chi connectivity index (χ1v) is 11.2. The average Bonchev–Trinajstić information content (AvgIpc) is 3.22. The summed E-state index contributed by atoms with van der Waals surface area (Å²) in [5.74, 6) is 1.28. The Balaban J connectivity index is 1.76. The van der Waals surface area contributed by atoms with Crippen molar-refractivity contribution in [3.8, 4) is 17.1 Å². The molecule has 0 aliphatic rings. The summed E-state index contributed by atoms with van der Waals surface area (Å²) in [6.45, 7) is 6.56. The molecule has 6 rings (SSSR count). The summed E-state index contributed by atoms with van der Waals surface area (Å²) in [6, 6.07) is 21.4. The Morgan fingerprint density at radius 2 is 1.71 bits per heavy atom. The van der Waals surface area contributed by atoms with E-state index < -0.39 is 0 Å². The molecule has 3 heterocycles. The van der Waals surface area contributed by atoms with Crippen LogP contribution in [0.2, 0.25) is 0 Å². The number of hydrogen-bond acceptors (Lipinski definition) is 5. The van der Waals surface area contributed by atoms with Crippen LogP contribution >= 0.6 is 0 Å². The average molecular weight is 450 g/mol. The second-order valence-electron chi connectivity index (χ2n) is 9.50. The van der Waals surface area contributed by atoms with Gasteiger partial charge >= 0.3 is 0 Å². The quantitative estimate of drug-likeness (QED) is 0.298. The molecule has 0 saturated carbocycles. The van der Waals surface area contributed by atoms with Gasteiger partial charge in [0.1, 0.15) is 22.5 Å². The fourth-order valence-corrected chi connectivity index (χ4v) is 4.43. The van der Waals surface area contributed by atoms with Crippen molar-refractivity contribution < 1.29 is 9.15 Å². The molecule has 0 radical (unpaired) electrons. The molecule has 6 heteroatoms. The van der Waals surface area contributed by atoms with Crippen molar-refractivity contribution in [2.24, 2.45) is 0 Å². The highest BCUT2D eigenvalue weighted by atomic mass is 16.5. The zero-order chi connectivity index (χ0) is 23.6. The summed E-state index contributed by atoms with van der Waals surface area (Å²) >= 11 is 0. The fraction of sp³-hybridized carbons (Fsp3) is 0.179. The normalized spacial score (nSPS) is 12.2. The molecule has 0 bridgehead atoms. The molecule has 0 spiro atoms. The third kappa shape index (κ3) is 2.99. The number of rotatable bonds is 2. The summed E-state index contributed by atoms with van der Waals surface area (Å²) in [5.41, 5.74) is 4.91. The van der Waals surface area contributed by atoms with Crippen molar-refractivity contribution in [2.75, 3.05) is 7.11 Å². The van der Waals surface area contributed by atoms with Crippen molar-refractivity contribution in [3.63, 3.8) is 0 Å². The number of fused-ring (bicyclic) bond motifs is 6. The van der Waals surface area contributed by atoms with E-state index in [0.717, 1.165) is 16.6 Å². The van der Waals surface area contributed by atoms with Crippen LogP contribution in [0.4, 0.5) is 0 Å². The number of aromatic nitrogens is 3. The van der Waals surface area contributed by atoms with Crippen LogP contribution in [0.5, 0.6) is 5.75 Å². The number of hydrogen-bond donors (Lipinski definition) is 0. The first-order chi connectivity index (χ1) is 16.3. The minimum atomic E-state index is -0.165. The lowest BCUT2D eigenvalue weighted by Crippen LogP contribution is -2.11. The molecule has 0 aliphatic heterocycles. The van der Waals surface area contributed by atoms with Gasteiger partial charge in [0.2, 0.25) is 11.1 Å². The lowest BCUT2D eigenvalue weighted by molar-refractivity contribution is 0.414. The van der Waals surface area contributed by atoms with E-state index in [2.05, 4.69) is 45.0 Å². The SMILES string of the molecule is COc1ccc2c(=O)c3c(nc(-c4ccc(C(C)(C)C)cc4)n4c5ccccc5nc34)oc2c1. The Kier molecular flexibility index (Phi) is 4.30.